The van der Waals surface area contributed by atoms with Crippen LogP contribution < -0.4 is 5.32 Å². The molecule has 0 aliphatic rings. The average Bonchev–Trinajstić information content (AvgIpc) is 3.18. The van der Waals surface area contributed by atoms with Crippen molar-refractivity contribution in [2.45, 2.75) is 6.54 Å². The third-order valence-electron chi connectivity index (χ3n) is 4.02. The summed E-state index contributed by atoms with van der Waals surface area (Å²) in [7, 11) is 0. The second kappa shape index (κ2) is 7.73. The molecule has 4 aromatic rings. The zero-order valence-electron chi connectivity index (χ0n) is 14.0. The lowest BCUT2D eigenvalue weighted by molar-refractivity contribution is 0.789. The fourth-order valence-corrected chi connectivity index (χ4v) is 3.11. The van der Waals surface area contributed by atoms with E-state index in [0.29, 0.717) is 28.2 Å². The van der Waals surface area contributed by atoms with Gasteiger partial charge in [0.15, 0.2) is 0 Å². The first-order valence-electron chi connectivity index (χ1n) is 8.20. The number of tetrazole rings is 1. The van der Waals surface area contributed by atoms with E-state index in [1.807, 2.05) is 42.5 Å². The van der Waals surface area contributed by atoms with Crippen molar-refractivity contribution in [2.24, 2.45) is 0 Å². The molecule has 4 rings (SSSR count). The van der Waals surface area contributed by atoms with Crippen LogP contribution in [0.25, 0.3) is 16.9 Å². The van der Waals surface area contributed by atoms with Crippen molar-refractivity contribution < 1.29 is 0 Å². The zero-order chi connectivity index (χ0) is 18.6. The van der Waals surface area contributed by atoms with Crippen molar-refractivity contribution in [1.29, 1.82) is 0 Å². The fourth-order valence-electron chi connectivity index (χ4n) is 2.74. The van der Waals surface area contributed by atoms with Crippen molar-refractivity contribution >= 4 is 29.2 Å². The molecule has 2 aromatic heterocycles. The zero-order valence-corrected chi connectivity index (χ0v) is 15.6. The molecule has 6 nitrogen and oxygen atoms in total. The molecule has 1 N–H and O–H groups in total. The first-order chi connectivity index (χ1) is 13.2. The highest BCUT2D eigenvalue weighted by Gasteiger charge is 2.14. The summed E-state index contributed by atoms with van der Waals surface area (Å²) >= 11 is 12.4. The summed E-state index contributed by atoms with van der Waals surface area (Å²) in [6, 6.07) is 19.2. The first kappa shape index (κ1) is 17.5. The summed E-state index contributed by atoms with van der Waals surface area (Å²) in [5.74, 6) is 0.468. The van der Waals surface area contributed by atoms with Crippen molar-refractivity contribution in [3.8, 4) is 16.9 Å². The van der Waals surface area contributed by atoms with Crippen molar-refractivity contribution in [1.82, 2.24) is 25.2 Å². The van der Waals surface area contributed by atoms with Crippen LogP contribution in [0.4, 0.5) is 5.95 Å². The van der Waals surface area contributed by atoms with Crippen molar-refractivity contribution in [2.75, 3.05) is 5.32 Å². The summed E-state index contributed by atoms with van der Waals surface area (Å²) in [4.78, 5) is 4.44. The van der Waals surface area contributed by atoms with Gasteiger partial charge in [-0.2, -0.15) is 4.68 Å². The predicted octanol–water partition coefficient (Wildman–Crippen LogP) is 4.64. The van der Waals surface area contributed by atoms with E-state index in [1.54, 1.807) is 24.4 Å². The maximum Gasteiger partial charge on any atom is 0.248 e. The molecule has 0 unspecified atom stereocenters. The highest BCUT2D eigenvalue weighted by atomic mass is 35.5. The van der Waals surface area contributed by atoms with Crippen molar-refractivity contribution in [3.63, 3.8) is 0 Å². The molecule has 0 aliphatic carbocycles. The van der Waals surface area contributed by atoms with Gasteiger partial charge in [0, 0.05) is 18.3 Å². The molecule has 0 radical (unpaired) electrons. The minimum atomic E-state index is 0.392. The fraction of sp³-hybridized carbons (Fsp3) is 0.0526. The summed E-state index contributed by atoms with van der Waals surface area (Å²) < 4.78 is 1.53. The second-order valence-electron chi connectivity index (χ2n) is 5.71. The van der Waals surface area contributed by atoms with E-state index in [9.17, 15) is 0 Å². The molecular weight excluding hydrogens is 383 g/mol. The predicted molar refractivity (Wildman–Crippen MR) is 106 cm³/mol. The number of halogens is 2. The molecule has 0 aliphatic heterocycles. The van der Waals surface area contributed by atoms with E-state index in [2.05, 4.69) is 25.8 Å². The molecule has 0 saturated carbocycles. The van der Waals surface area contributed by atoms with E-state index in [0.717, 1.165) is 16.8 Å². The van der Waals surface area contributed by atoms with Crippen LogP contribution in [-0.2, 0) is 6.54 Å². The third-order valence-corrected chi connectivity index (χ3v) is 4.83. The Bertz CT molecular complexity index is 1060. The maximum atomic E-state index is 6.29. The molecule has 0 bridgehead atoms. The second-order valence-corrected chi connectivity index (χ2v) is 6.50. The smallest absolute Gasteiger partial charge is 0.248 e. The maximum absolute atomic E-state index is 6.29. The number of nitrogens with zero attached hydrogens (tertiary/aromatic N) is 5. The van der Waals surface area contributed by atoms with Gasteiger partial charge in [0.25, 0.3) is 0 Å². The Morgan fingerprint density at radius 3 is 2.63 bits per heavy atom. The SMILES string of the molecule is Clc1cccc(-n2nnnc2NCc2ccccc2-c2ccccn2)c1Cl. The van der Waals surface area contributed by atoms with E-state index >= 15 is 0 Å². The number of rotatable bonds is 5. The summed E-state index contributed by atoms with van der Waals surface area (Å²) in [6.07, 6.45) is 1.78. The summed E-state index contributed by atoms with van der Waals surface area (Å²) in [5, 5.41) is 15.9. The average molecular weight is 397 g/mol. The number of benzene rings is 2. The Hall–Kier alpha value is -2.96. The molecule has 8 heteroatoms. The Labute approximate surface area is 165 Å². The Kier molecular flexibility index (Phi) is 5.00. The molecule has 2 heterocycles. The molecule has 0 saturated heterocycles. The van der Waals surface area contributed by atoms with Crippen LogP contribution >= 0.6 is 23.2 Å². The lowest BCUT2D eigenvalue weighted by atomic mass is 10.0. The lowest BCUT2D eigenvalue weighted by Gasteiger charge is -2.12. The number of anilines is 1. The van der Waals surface area contributed by atoms with Gasteiger partial charge in [0.05, 0.1) is 21.4 Å². The molecule has 0 fully saturated rings. The van der Waals surface area contributed by atoms with Gasteiger partial charge in [0.2, 0.25) is 5.95 Å². The summed E-state index contributed by atoms with van der Waals surface area (Å²) in [5.41, 5.74) is 3.63. The first-order valence-corrected chi connectivity index (χ1v) is 8.95. The molecule has 0 amide bonds. The Balaban J connectivity index is 1.62. The van der Waals surface area contributed by atoms with Crippen LogP contribution in [0.5, 0.6) is 0 Å². The molecule has 0 atom stereocenters. The molecule has 2 aromatic carbocycles. The monoisotopic (exact) mass is 396 g/mol. The van der Waals surface area contributed by atoms with Crippen molar-refractivity contribution in [3.05, 3.63) is 82.5 Å². The molecular formula is C19H14Cl2N6. The van der Waals surface area contributed by atoms with Crippen LogP contribution in [0.2, 0.25) is 10.0 Å². The normalized spacial score (nSPS) is 10.7. The van der Waals surface area contributed by atoms with Gasteiger partial charge in [-0.3, -0.25) is 4.98 Å². The molecule has 27 heavy (non-hydrogen) atoms. The van der Waals surface area contributed by atoms with Crippen LogP contribution in [-0.4, -0.2) is 25.2 Å². The van der Waals surface area contributed by atoms with Gasteiger partial charge in [0.1, 0.15) is 0 Å². The Morgan fingerprint density at radius 1 is 0.926 bits per heavy atom. The number of aromatic nitrogens is 5. The van der Waals surface area contributed by atoms with Crippen LogP contribution in [0.1, 0.15) is 5.56 Å². The van der Waals surface area contributed by atoms with Gasteiger partial charge in [-0.1, -0.05) is 64.7 Å². The van der Waals surface area contributed by atoms with Gasteiger partial charge >= 0.3 is 0 Å². The molecule has 0 spiro atoms. The Morgan fingerprint density at radius 2 is 1.78 bits per heavy atom. The van der Waals surface area contributed by atoms with E-state index < -0.39 is 0 Å². The number of hydrogen-bond acceptors (Lipinski definition) is 5. The largest absolute Gasteiger partial charge is 0.349 e. The van der Waals surface area contributed by atoms with E-state index in [1.165, 1.54) is 4.68 Å². The number of nitrogens with one attached hydrogen (secondary N) is 1. The lowest BCUT2D eigenvalue weighted by Crippen LogP contribution is -2.08. The molecule has 134 valence electrons. The standard InChI is InChI=1S/C19H14Cl2N6/c20-15-8-5-10-17(18(15)21)27-19(24-25-26-27)23-12-13-6-1-2-7-14(13)16-9-3-4-11-22-16/h1-11H,12H2,(H,23,24,26). The van der Waals surface area contributed by atoms with Gasteiger partial charge in [-0.15, -0.1) is 0 Å². The number of pyridine rings is 1. The minimum absolute atomic E-state index is 0.392. The quantitative estimate of drug-likeness (QED) is 0.531. The van der Waals surface area contributed by atoms with Crippen LogP contribution in [0.15, 0.2) is 66.9 Å². The van der Waals surface area contributed by atoms with Crippen LogP contribution in [0.3, 0.4) is 0 Å². The highest BCUT2D eigenvalue weighted by Crippen LogP contribution is 2.29. The van der Waals surface area contributed by atoms with Gasteiger partial charge < -0.3 is 5.32 Å². The summed E-state index contributed by atoms with van der Waals surface area (Å²) in [6.45, 7) is 0.519. The number of hydrogen-bond donors (Lipinski definition) is 1. The third kappa shape index (κ3) is 3.63. The van der Waals surface area contributed by atoms with Gasteiger partial charge in [-0.05, 0) is 40.3 Å². The minimum Gasteiger partial charge on any atom is -0.349 e. The van der Waals surface area contributed by atoms with Crippen LogP contribution in [0, 0.1) is 0 Å². The van der Waals surface area contributed by atoms with E-state index in [-0.39, 0.29) is 0 Å². The van der Waals surface area contributed by atoms with Gasteiger partial charge in [-0.25, -0.2) is 0 Å². The van der Waals surface area contributed by atoms with E-state index in [4.69, 9.17) is 23.2 Å². The highest BCUT2D eigenvalue weighted by molar-refractivity contribution is 6.43. The topological polar surface area (TPSA) is 68.5 Å².